The largest absolute Gasteiger partial charge is 0.469 e. The first kappa shape index (κ1) is 14.7. The first-order valence-corrected chi connectivity index (χ1v) is 6.78. The summed E-state index contributed by atoms with van der Waals surface area (Å²) in [5.74, 6) is 0.209. The number of halogens is 4. The Kier molecular flexibility index (Phi) is 4.74. The minimum absolute atomic E-state index is 0.0637. The van der Waals surface area contributed by atoms with E-state index >= 15 is 0 Å². The van der Waals surface area contributed by atoms with Gasteiger partial charge in [-0.15, -0.1) is 0 Å². The molecule has 1 atom stereocenters. The molecule has 100 valence electrons. The SMILES string of the molecule is CC(Oc1nc(Cl)ncc1Cl)c1ccc(Cl)cc1Cl. The van der Waals surface area contributed by atoms with Gasteiger partial charge in [-0.05, 0) is 30.7 Å². The van der Waals surface area contributed by atoms with E-state index in [1.807, 2.05) is 6.92 Å². The van der Waals surface area contributed by atoms with Crippen molar-refractivity contribution in [2.24, 2.45) is 0 Å². The van der Waals surface area contributed by atoms with Crippen molar-refractivity contribution in [3.05, 3.63) is 50.3 Å². The number of benzene rings is 1. The van der Waals surface area contributed by atoms with Gasteiger partial charge in [-0.3, -0.25) is 0 Å². The van der Waals surface area contributed by atoms with Gasteiger partial charge in [0.2, 0.25) is 11.2 Å². The molecule has 0 N–H and O–H groups in total. The van der Waals surface area contributed by atoms with Crippen LogP contribution in [0.3, 0.4) is 0 Å². The summed E-state index contributed by atoms with van der Waals surface area (Å²) in [6, 6.07) is 5.16. The van der Waals surface area contributed by atoms with E-state index in [1.54, 1.807) is 18.2 Å². The highest BCUT2D eigenvalue weighted by atomic mass is 35.5. The van der Waals surface area contributed by atoms with E-state index < -0.39 is 0 Å². The Labute approximate surface area is 130 Å². The normalized spacial score (nSPS) is 12.3. The van der Waals surface area contributed by atoms with Crippen molar-refractivity contribution in [1.82, 2.24) is 9.97 Å². The van der Waals surface area contributed by atoms with Crippen LogP contribution in [0.2, 0.25) is 20.4 Å². The maximum atomic E-state index is 6.11. The van der Waals surface area contributed by atoms with Crippen LogP contribution in [0.5, 0.6) is 5.88 Å². The fourth-order valence-corrected chi connectivity index (χ4v) is 2.30. The smallest absolute Gasteiger partial charge is 0.237 e. The molecule has 1 aromatic carbocycles. The monoisotopic (exact) mass is 336 g/mol. The molecule has 0 aliphatic rings. The van der Waals surface area contributed by atoms with Gasteiger partial charge in [-0.25, -0.2) is 4.98 Å². The number of aromatic nitrogens is 2. The van der Waals surface area contributed by atoms with Gasteiger partial charge in [0.1, 0.15) is 11.1 Å². The highest BCUT2D eigenvalue weighted by Crippen LogP contribution is 2.31. The summed E-state index contributed by atoms with van der Waals surface area (Å²) < 4.78 is 5.64. The molecule has 19 heavy (non-hydrogen) atoms. The molecular formula is C12H8Cl4N2O. The first-order valence-electron chi connectivity index (χ1n) is 5.27. The van der Waals surface area contributed by atoms with Crippen molar-refractivity contribution in [2.75, 3.05) is 0 Å². The standard InChI is InChI=1S/C12H8Cl4N2O/c1-6(8-3-2-7(13)4-9(8)14)19-11-10(15)5-17-12(16)18-11/h2-6H,1H3. The zero-order valence-corrected chi connectivity index (χ0v) is 12.7. The van der Waals surface area contributed by atoms with E-state index in [9.17, 15) is 0 Å². The minimum atomic E-state index is -0.353. The Bertz CT molecular complexity index is 606. The molecule has 0 amide bonds. The molecule has 0 aliphatic heterocycles. The lowest BCUT2D eigenvalue weighted by Gasteiger charge is -2.16. The summed E-state index contributed by atoms with van der Waals surface area (Å²) in [4.78, 5) is 7.66. The fourth-order valence-electron chi connectivity index (χ4n) is 1.48. The average molecular weight is 338 g/mol. The van der Waals surface area contributed by atoms with E-state index in [0.717, 1.165) is 5.56 Å². The summed E-state index contributed by atoms with van der Waals surface area (Å²) in [6.07, 6.45) is 1.02. The van der Waals surface area contributed by atoms with E-state index in [4.69, 9.17) is 51.1 Å². The van der Waals surface area contributed by atoms with Crippen LogP contribution in [0, 0.1) is 0 Å². The molecule has 1 aromatic heterocycles. The summed E-state index contributed by atoms with van der Waals surface area (Å²) in [7, 11) is 0. The van der Waals surface area contributed by atoms with Crippen molar-refractivity contribution >= 4 is 46.4 Å². The summed E-state index contributed by atoms with van der Waals surface area (Å²) in [5.41, 5.74) is 0.775. The lowest BCUT2D eigenvalue weighted by atomic mass is 10.1. The molecule has 2 rings (SSSR count). The van der Waals surface area contributed by atoms with Crippen LogP contribution in [0.25, 0.3) is 0 Å². The van der Waals surface area contributed by atoms with Crippen molar-refractivity contribution < 1.29 is 4.74 Å². The predicted molar refractivity (Wildman–Crippen MR) is 77.6 cm³/mol. The topological polar surface area (TPSA) is 35.0 Å². The molecule has 0 fully saturated rings. The third-order valence-electron chi connectivity index (χ3n) is 2.37. The second-order valence-corrected chi connectivity index (χ2v) is 5.31. The molecule has 2 aromatic rings. The summed E-state index contributed by atoms with van der Waals surface area (Å²) in [5, 5.41) is 1.41. The molecule has 0 bridgehead atoms. The van der Waals surface area contributed by atoms with Crippen LogP contribution in [0.4, 0.5) is 0 Å². The maximum absolute atomic E-state index is 6.11. The number of nitrogens with zero attached hydrogens (tertiary/aromatic N) is 2. The first-order chi connectivity index (χ1) is 8.97. The molecule has 0 radical (unpaired) electrons. The molecule has 7 heteroatoms. The third-order valence-corrected chi connectivity index (χ3v) is 3.38. The van der Waals surface area contributed by atoms with Crippen LogP contribution in [0.15, 0.2) is 24.4 Å². The van der Waals surface area contributed by atoms with Crippen molar-refractivity contribution in [3.8, 4) is 5.88 Å². The van der Waals surface area contributed by atoms with Crippen molar-refractivity contribution in [1.29, 1.82) is 0 Å². The van der Waals surface area contributed by atoms with Gasteiger partial charge >= 0.3 is 0 Å². The van der Waals surface area contributed by atoms with Crippen molar-refractivity contribution in [2.45, 2.75) is 13.0 Å². The van der Waals surface area contributed by atoms with Crippen LogP contribution < -0.4 is 4.74 Å². The molecule has 3 nitrogen and oxygen atoms in total. The number of rotatable bonds is 3. The van der Waals surface area contributed by atoms with Gasteiger partial charge in [-0.1, -0.05) is 40.9 Å². The molecule has 1 unspecified atom stereocenters. The van der Waals surface area contributed by atoms with E-state index in [0.29, 0.717) is 10.0 Å². The number of ether oxygens (including phenoxy) is 1. The van der Waals surface area contributed by atoms with Gasteiger partial charge < -0.3 is 4.74 Å². The van der Waals surface area contributed by atoms with Gasteiger partial charge in [0.25, 0.3) is 0 Å². The van der Waals surface area contributed by atoms with Gasteiger partial charge in [0, 0.05) is 15.6 Å². The third kappa shape index (κ3) is 3.63. The Balaban J connectivity index is 2.25. The minimum Gasteiger partial charge on any atom is -0.469 e. The van der Waals surface area contributed by atoms with Crippen LogP contribution in [0.1, 0.15) is 18.6 Å². The van der Waals surface area contributed by atoms with E-state index in [1.165, 1.54) is 6.20 Å². The molecule has 0 saturated carbocycles. The summed E-state index contributed by atoms with van der Waals surface area (Å²) >= 11 is 23.6. The molecule has 0 spiro atoms. The Morgan fingerprint density at radius 1 is 1.11 bits per heavy atom. The van der Waals surface area contributed by atoms with Gasteiger partial charge in [-0.2, -0.15) is 4.98 Å². The maximum Gasteiger partial charge on any atom is 0.237 e. The number of hydrogen-bond donors (Lipinski definition) is 0. The fraction of sp³-hybridized carbons (Fsp3) is 0.167. The molecule has 0 saturated heterocycles. The zero-order valence-electron chi connectivity index (χ0n) is 9.70. The second kappa shape index (κ2) is 6.14. The Morgan fingerprint density at radius 2 is 1.84 bits per heavy atom. The zero-order chi connectivity index (χ0) is 14.0. The highest BCUT2D eigenvalue weighted by Gasteiger charge is 2.15. The van der Waals surface area contributed by atoms with Gasteiger partial charge in [0.15, 0.2) is 0 Å². The quantitative estimate of drug-likeness (QED) is 0.719. The molecule has 0 aliphatic carbocycles. The second-order valence-electron chi connectivity index (χ2n) is 3.72. The Hall–Kier alpha value is -0.740. The average Bonchev–Trinajstić information content (AvgIpc) is 2.33. The number of hydrogen-bond acceptors (Lipinski definition) is 3. The Morgan fingerprint density at radius 3 is 2.53 bits per heavy atom. The molecule has 1 heterocycles. The highest BCUT2D eigenvalue weighted by molar-refractivity contribution is 6.35. The van der Waals surface area contributed by atoms with Crippen LogP contribution in [-0.2, 0) is 0 Å². The van der Waals surface area contributed by atoms with Crippen molar-refractivity contribution in [3.63, 3.8) is 0 Å². The van der Waals surface area contributed by atoms with E-state index in [-0.39, 0.29) is 22.3 Å². The van der Waals surface area contributed by atoms with Crippen LogP contribution >= 0.6 is 46.4 Å². The lowest BCUT2D eigenvalue weighted by Crippen LogP contribution is -2.06. The predicted octanol–water partition coefficient (Wildman–Crippen LogP) is 5.23. The summed E-state index contributed by atoms with van der Waals surface area (Å²) in [6.45, 7) is 1.82. The van der Waals surface area contributed by atoms with Crippen LogP contribution in [-0.4, -0.2) is 9.97 Å². The molecular weight excluding hydrogens is 330 g/mol. The van der Waals surface area contributed by atoms with E-state index in [2.05, 4.69) is 9.97 Å². The van der Waals surface area contributed by atoms with Gasteiger partial charge in [0.05, 0.1) is 6.20 Å². The lowest BCUT2D eigenvalue weighted by molar-refractivity contribution is 0.217.